The molecule has 0 saturated carbocycles. The van der Waals surface area contributed by atoms with Gasteiger partial charge in [0.2, 0.25) is 5.91 Å². The van der Waals surface area contributed by atoms with Crippen LogP contribution in [0.4, 0.5) is 10.5 Å². The number of benzene rings is 2. The van der Waals surface area contributed by atoms with Gasteiger partial charge in [-0.1, -0.05) is 40.2 Å². The fourth-order valence-electron chi connectivity index (χ4n) is 3.36. The lowest BCUT2D eigenvalue weighted by Crippen LogP contribution is -2.47. The van der Waals surface area contributed by atoms with E-state index in [4.69, 9.17) is 4.74 Å². The molecule has 1 heterocycles. The van der Waals surface area contributed by atoms with E-state index in [1.54, 1.807) is 12.1 Å². The Bertz CT molecular complexity index is 815. The maximum Gasteiger partial charge on any atom is 0.411 e. The number of carbonyl (C=O) groups is 2. The Balaban J connectivity index is 1.69. The van der Waals surface area contributed by atoms with Crippen LogP contribution in [0.25, 0.3) is 0 Å². The van der Waals surface area contributed by atoms with Gasteiger partial charge >= 0.3 is 6.09 Å². The number of hydrogen-bond acceptors (Lipinski definition) is 4. The van der Waals surface area contributed by atoms with Crippen molar-refractivity contribution in [2.24, 2.45) is 0 Å². The number of carbonyl (C=O) groups excluding carboxylic acids is 2. The van der Waals surface area contributed by atoms with Crippen molar-refractivity contribution in [2.45, 2.75) is 24.8 Å². The lowest BCUT2D eigenvalue weighted by atomic mass is 9.73. The molecule has 2 amide bonds. The minimum atomic E-state index is -0.578. The number of methoxy groups -OCH3 is 1. The van der Waals surface area contributed by atoms with Gasteiger partial charge in [0.25, 0.3) is 0 Å². The summed E-state index contributed by atoms with van der Waals surface area (Å²) in [6.45, 7) is 1.55. The normalized spacial score (nSPS) is 15.5. The Morgan fingerprint density at radius 2 is 1.71 bits per heavy atom. The minimum Gasteiger partial charge on any atom is -0.453 e. The van der Waals surface area contributed by atoms with Crippen LogP contribution in [-0.2, 0) is 26.2 Å². The van der Waals surface area contributed by atoms with Crippen molar-refractivity contribution < 1.29 is 19.1 Å². The molecule has 0 radical (unpaired) electrons. The van der Waals surface area contributed by atoms with Gasteiger partial charge < -0.3 is 14.8 Å². The molecule has 1 aliphatic heterocycles. The van der Waals surface area contributed by atoms with Gasteiger partial charge in [0.1, 0.15) is 0 Å². The molecule has 0 atom stereocenters. The summed E-state index contributed by atoms with van der Waals surface area (Å²) in [6.07, 6.45) is 0.794. The summed E-state index contributed by atoms with van der Waals surface area (Å²) in [7, 11) is 1.32. The summed E-state index contributed by atoms with van der Waals surface area (Å²) < 4.78 is 11.1. The fourth-order valence-corrected chi connectivity index (χ4v) is 3.63. The summed E-state index contributed by atoms with van der Waals surface area (Å²) in [5, 5.41) is 5.68. The van der Waals surface area contributed by atoms with E-state index in [1.807, 2.05) is 36.4 Å². The van der Waals surface area contributed by atoms with E-state index >= 15 is 0 Å². The highest BCUT2D eigenvalue weighted by Crippen LogP contribution is 2.36. The third-order valence-corrected chi connectivity index (χ3v) is 5.55. The maximum atomic E-state index is 13.2. The zero-order chi connectivity index (χ0) is 20.0. The zero-order valence-electron chi connectivity index (χ0n) is 15.7. The SMILES string of the molecule is COC(=O)Nc1ccc(CNC(=O)C2(c3ccc(Br)cc3)CCOCC2)cc1. The molecule has 0 bridgehead atoms. The van der Waals surface area contributed by atoms with E-state index in [1.165, 1.54) is 7.11 Å². The first-order valence-electron chi connectivity index (χ1n) is 9.09. The summed E-state index contributed by atoms with van der Waals surface area (Å²) >= 11 is 3.45. The number of rotatable bonds is 5. The van der Waals surface area contributed by atoms with Crippen molar-refractivity contribution in [1.82, 2.24) is 5.32 Å². The average molecular weight is 447 g/mol. The lowest BCUT2D eigenvalue weighted by molar-refractivity contribution is -0.130. The van der Waals surface area contributed by atoms with Crippen LogP contribution in [0.15, 0.2) is 53.0 Å². The number of amides is 2. The van der Waals surface area contributed by atoms with Gasteiger partial charge in [0.05, 0.1) is 12.5 Å². The molecule has 28 heavy (non-hydrogen) atoms. The van der Waals surface area contributed by atoms with Crippen LogP contribution in [0.2, 0.25) is 0 Å². The number of ether oxygens (including phenoxy) is 2. The van der Waals surface area contributed by atoms with E-state index < -0.39 is 11.5 Å². The van der Waals surface area contributed by atoms with Crippen LogP contribution in [0, 0.1) is 0 Å². The zero-order valence-corrected chi connectivity index (χ0v) is 17.3. The van der Waals surface area contributed by atoms with E-state index in [-0.39, 0.29) is 5.91 Å². The van der Waals surface area contributed by atoms with Gasteiger partial charge in [-0.25, -0.2) is 4.79 Å². The van der Waals surface area contributed by atoms with Crippen LogP contribution >= 0.6 is 15.9 Å². The first kappa shape index (κ1) is 20.4. The Morgan fingerprint density at radius 3 is 2.32 bits per heavy atom. The quantitative estimate of drug-likeness (QED) is 0.727. The molecule has 1 saturated heterocycles. The second kappa shape index (κ2) is 9.21. The van der Waals surface area contributed by atoms with Crippen LogP contribution in [0.1, 0.15) is 24.0 Å². The highest BCUT2D eigenvalue weighted by atomic mass is 79.9. The molecule has 0 aromatic heterocycles. The van der Waals surface area contributed by atoms with Crippen molar-refractivity contribution in [2.75, 3.05) is 25.6 Å². The number of anilines is 1. The highest BCUT2D eigenvalue weighted by molar-refractivity contribution is 9.10. The smallest absolute Gasteiger partial charge is 0.411 e. The molecular formula is C21H23BrN2O4. The summed E-state index contributed by atoms with van der Waals surface area (Å²) in [4.78, 5) is 24.4. The molecule has 2 aromatic rings. The summed E-state index contributed by atoms with van der Waals surface area (Å²) in [5.74, 6) is 0.00915. The maximum absolute atomic E-state index is 13.2. The molecule has 0 spiro atoms. The van der Waals surface area contributed by atoms with Crippen molar-refractivity contribution in [3.63, 3.8) is 0 Å². The Kier molecular flexibility index (Phi) is 6.70. The van der Waals surface area contributed by atoms with Crippen LogP contribution in [0.3, 0.4) is 0 Å². The molecule has 7 heteroatoms. The number of hydrogen-bond donors (Lipinski definition) is 2. The summed E-state index contributed by atoms with van der Waals surface area (Å²) in [5.41, 5.74) is 2.01. The molecule has 148 valence electrons. The Hall–Kier alpha value is -2.38. The molecule has 0 aliphatic carbocycles. The topological polar surface area (TPSA) is 76.7 Å². The monoisotopic (exact) mass is 446 g/mol. The molecule has 6 nitrogen and oxygen atoms in total. The number of halogens is 1. The van der Waals surface area contributed by atoms with Gasteiger partial charge in [0, 0.05) is 29.9 Å². The molecular weight excluding hydrogens is 424 g/mol. The molecule has 2 aromatic carbocycles. The second-order valence-corrected chi connectivity index (χ2v) is 7.61. The van der Waals surface area contributed by atoms with Gasteiger partial charge in [-0.15, -0.1) is 0 Å². The minimum absolute atomic E-state index is 0.00915. The molecule has 1 fully saturated rings. The van der Waals surface area contributed by atoms with Crippen LogP contribution < -0.4 is 10.6 Å². The van der Waals surface area contributed by atoms with Gasteiger partial charge in [0.15, 0.2) is 0 Å². The first-order chi connectivity index (χ1) is 13.5. The van der Waals surface area contributed by atoms with E-state index in [0.717, 1.165) is 15.6 Å². The van der Waals surface area contributed by atoms with Gasteiger partial charge in [-0.3, -0.25) is 10.1 Å². The third-order valence-electron chi connectivity index (χ3n) is 5.02. The van der Waals surface area contributed by atoms with E-state index in [2.05, 4.69) is 31.3 Å². The standard InChI is InChI=1S/C21H23BrN2O4/c1-27-20(26)24-18-8-2-15(3-9-18)14-23-19(25)21(10-12-28-13-11-21)16-4-6-17(22)7-5-16/h2-9H,10-14H2,1H3,(H,23,25)(H,24,26). The van der Waals surface area contributed by atoms with Crippen molar-refractivity contribution in [1.29, 1.82) is 0 Å². The fraction of sp³-hybridized carbons (Fsp3) is 0.333. The largest absolute Gasteiger partial charge is 0.453 e. The summed E-state index contributed by atoms with van der Waals surface area (Å²) in [6, 6.07) is 15.2. The predicted octanol–water partition coefficient (Wildman–Crippen LogP) is 3.99. The molecule has 2 N–H and O–H groups in total. The average Bonchev–Trinajstić information content (AvgIpc) is 2.74. The van der Waals surface area contributed by atoms with Crippen molar-refractivity contribution in [3.8, 4) is 0 Å². The lowest BCUT2D eigenvalue weighted by Gasteiger charge is -2.36. The Morgan fingerprint density at radius 1 is 1.07 bits per heavy atom. The van der Waals surface area contributed by atoms with Gasteiger partial charge in [-0.2, -0.15) is 0 Å². The Labute approximate surface area is 172 Å². The second-order valence-electron chi connectivity index (χ2n) is 6.70. The van der Waals surface area contributed by atoms with E-state index in [9.17, 15) is 9.59 Å². The third kappa shape index (κ3) is 4.72. The van der Waals surface area contributed by atoms with Crippen LogP contribution in [-0.4, -0.2) is 32.3 Å². The van der Waals surface area contributed by atoms with Crippen molar-refractivity contribution in [3.05, 3.63) is 64.1 Å². The highest BCUT2D eigenvalue weighted by Gasteiger charge is 2.41. The van der Waals surface area contributed by atoms with Gasteiger partial charge in [-0.05, 0) is 48.2 Å². The first-order valence-corrected chi connectivity index (χ1v) is 9.89. The molecule has 1 aliphatic rings. The number of nitrogens with one attached hydrogen (secondary N) is 2. The van der Waals surface area contributed by atoms with Crippen LogP contribution in [0.5, 0.6) is 0 Å². The molecule has 3 rings (SSSR count). The van der Waals surface area contributed by atoms with E-state index in [0.29, 0.717) is 38.3 Å². The predicted molar refractivity (Wildman–Crippen MR) is 110 cm³/mol. The van der Waals surface area contributed by atoms with Crippen molar-refractivity contribution >= 4 is 33.6 Å². The molecule has 0 unspecified atom stereocenters.